The molecule has 0 saturated heterocycles. The highest BCUT2D eigenvalue weighted by molar-refractivity contribution is 7.99. The molecule has 8 nitrogen and oxygen atoms in total. The monoisotopic (exact) mass is 453 g/mol. The summed E-state index contributed by atoms with van der Waals surface area (Å²) >= 11 is 13.3. The van der Waals surface area contributed by atoms with Crippen molar-refractivity contribution in [3.05, 3.63) is 46.4 Å². The third-order valence-electron chi connectivity index (χ3n) is 3.80. The van der Waals surface area contributed by atoms with E-state index in [0.29, 0.717) is 43.8 Å². The van der Waals surface area contributed by atoms with Crippen molar-refractivity contribution in [1.29, 1.82) is 0 Å². The molecule has 3 rings (SSSR count). The van der Waals surface area contributed by atoms with E-state index in [1.807, 2.05) is 0 Å². The second-order valence-electron chi connectivity index (χ2n) is 5.74. The molecular formula is C18H17Cl2N5O3S. The Morgan fingerprint density at radius 2 is 1.83 bits per heavy atom. The highest BCUT2D eigenvalue weighted by atomic mass is 35.5. The second kappa shape index (κ2) is 9.25. The molecule has 1 aromatic heterocycles. The van der Waals surface area contributed by atoms with Crippen molar-refractivity contribution >= 4 is 46.6 Å². The Balaban J connectivity index is 1.69. The van der Waals surface area contributed by atoms with Crippen molar-refractivity contribution in [2.45, 2.75) is 5.16 Å². The van der Waals surface area contributed by atoms with Crippen LogP contribution in [0.1, 0.15) is 0 Å². The van der Waals surface area contributed by atoms with Gasteiger partial charge >= 0.3 is 0 Å². The average Bonchev–Trinajstić information content (AvgIpc) is 3.08. The molecule has 29 heavy (non-hydrogen) atoms. The minimum absolute atomic E-state index is 0.0676. The van der Waals surface area contributed by atoms with Gasteiger partial charge in [0.25, 0.3) is 0 Å². The fourth-order valence-electron chi connectivity index (χ4n) is 2.43. The maximum atomic E-state index is 12.3. The quantitative estimate of drug-likeness (QED) is 0.414. The lowest BCUT2D eigenvalue weighted by atomic mass is 10.2. The number of ether oxygens (including phenoxy) is 2. The fourth-order valence-corrected chi connectivity index (χ4v) is 3.47. The lowest BCUT2D eigenvalue weighted by molar-refractivity contribution is -0.113. The van der Waals surface area contributed by atoms with Crippen LogP contribution in [0.25, 0.3) is 11.4 Å². The van der Waals surface area contributed by atoms with E-state index in [9.17, 15) is 4.79 Å². The molecule has 1 heterocycles. The molecule has 0 radical (unpaired) electrons. The van der Waals surface area contributed by atoms with Gasteiger partial charge < -0.3 is 20.6 Å². The third-order valence-corrected chi connectivity index (χ3v) is 5.31. The number of thioether (sulfide) groups is 1. The van der Waals surface area contributed by atoms with Crippen molar-refractivity contribution in [2.24, 2.45) is 0 Å². The number of nitrogens with one attached hydrogen (secondary N) is 1. The topological polar surface area (TPSA) is 104 Å². The number of hydrogen-bond acceptors (Lipinski definition) is 7. The van der Waals surface area contributed by atoms with E-state index in [0.717, 1.165) is 11.8 Å². The number of nitrogens with two attached hydrogens (primary N) is 1. The molecule has 3 aromatic rings. The van der Waals surface area contributed by atoms with Gasteiger partial charge in [0.15, 0.2) is 5.82 Å². The van der Waals surface area contributed by atoms with Gasteiger partial charge in [-0.2, -0.15) is 0 Å². The number of hydrogen-bond donors (Lipinski definition) is 2. The molecule has 0 aliphatic carbocycles. The molecule has 11 heteroatoms. The van der Waals surface area contributed by atoms with Crippen LogP contribution in [0.2, 0.25) is 10.0 Å². The van der Waals surface area contributed by atoms with Crippen LogP contribution in [0.15, 0.2) is 41.6 Å². The molecule has 0 fully saturated rings. The largest absolute Gasteiger partial charge is 0.497 e. The first-order valence-corrected chi connectivity index (χ1v) is 9.97. The minimum Gasteiger partial charge on any atom is -0.497 e. The summed E-state index contributed by atoms with van der Waals surface area (Å²) in [7, 11) is 3.07. The standard InChI is InChI=1S/C18H17Cl2N5O3S/c1-27-12-6-11(7-13(8-12)28-2)22-16(26)9-29-18-24-23-17(25(18)21)14-5-10(19)3-4-15(14)20/h3-8H,9,21H2,1-2H3,(H,22,26). The van der Waals surface area contributed by atoms with Gasteiger partial charge in [-0.1, -0.05) is 35.0 Å². The second-order valence-corrected chi connectivity index (χ2v) is 7.52. The Kier molecular flexibility index (Phi) is 6.73. The zero-order valence-corrected chi connectivity index (χ0v) is 17.8. The predicted molar refractivity (Wildman–Crippen MR) is 115 cm³/mol. The van der Waals surface area contributed by atoms with Gasteiger partial charge in [0.2, 0.25) is 11.1 Å². The van der Waals surface area contributed by atoms with Crippen LogP contribution in [-0.4, -0.2) is 40.8 Å². The van der Waals surface area contributed by atoms with Crippen LogP contribution in [0, 0.1) is 0 Å². The molecule has 3 N–H and O–H groups in total. The lowest BCUT2D eigenvalue weighted by Gasteiger charge is -2.10. The third kappa shape index (κ3) is 5.06. The number of nitrogen functional groups attached to an aromatic ring is 1. The number of carbonyl (C=O) groups is 1. The van der Waals surface area contributed by atoms with Crippen LogP contribution >= 0.6 is 35.0 Å². The lowest BCUT2D eigenvalue weighted by Crippen LogP contribution is -2.16. The van der Waals surface area contributed by atoms with Gasteiger partial charge in [-0.05, 0) is 18.2 Å². The zero-order valence-electron chi connectivity index (χ0n) is 15.5. The van der Waals surface area contributed by atoms with Crippen molar-refractivity contribution in [2.75, 3.05) is 31.1 Å². The Bertz CT molecular complexity index is 1020. The van der Waals surface area contributed by atoms with Crippen LogP contribution in [0.3, 0.4) is 0 Å². The van der Waals surface area contributed by atoms with Crippen LogP contribution in [0.4, 0.5) is 5.69 Å². The molecule has 0 unspecified atom stereocenters. The van der Waals surface area contributed by atoms with E-state index in [4.69, 9.17) is 38.5 Å². The number of amides is 1. The van der Waals surface area contributed by atoms with E-state index in [1.54, 1.807) is 36.4 Å². The molecule has 0 bridgehead atoms. The summed E-state index contributed by atoms with van der Waals surface area (Å²) in [6.07, 6.45) is 0. The zero-order chi connectivity index (χ0) is 21.0. The maximum absolute atomic E-state index is 12.3. The van der Waals surface area contributed by atoms with E-state index < -0.39 is 0 Å². The molecule has 0 atom stereocenters. The molecule has 0 aliphatic heterocycles. The maximum Gasteiger partial charge on any atom is 0.234 e. The number of benzene rings is 2. The van der Waals surface area contributed by atoms with E-state index in [2.05, 4.69) is 15.5 Å². The van der Waals surface area contributed by atoms with Crippen LogP contribution in [-0.2, 0) is 4.79 Å². The average molecular weight is 454 g/mol. The van der Waals surface area contributed by atoms with E-state index in [-0.39, 0.29) is 11.7 Å². The first kappa shape index (κ1) is 21.1. The molecule has 0 aliphatic rings. The van der Waals surface area contributed by atoms with E-state index in [1.165, 1.54) is 18.9 Å². The van der Waals surface area contributed by atoms with Gasteiger partial charge in [0, 0.05) is 34.5 Å². The number of halogens is 2. The van der Waals surface area contributed by atoms with Gasteiger partial charge in [-0.15, -0.1) is 10.2 Å². The molecule has 0 saturated carbocycles. The summed E-state index contributed by atoms with van der Waals surface area (Å²) in [6, 6.07) is 10.1. The van der Waals surface area contributed by atoms with Crippen molar-refractivity contribution in [3.63, 3.8) is 0 Å². The molecule has 0 spiro atoms. The molecule has 152 valence electrons. The van der Waals surface area contributed by atoms with Crippen LogP contribution in [0.5, 0.6) is 11.5 Å². The minimum atomic E-state index is -0.254. The number of methoxy groups -OCH3 is 2. The first-order valence-electron chi connectivity index (χ1n) is 8.23. The Hall–Kier alpha value is -2.62. The van der Waals surface area contributed by atoms with Gasteiger partial charge in [-0.25, -0.2) is 4.68 Å². The summed E-state index contributed by atoms with van der Waals surface area (Å²) in [5.41, 5.74) is 1.10. The summed E-state index contributed by atoms with van der Waals surface area (Å²) in [5, 5.41) is 12.2. The number of anilines is 1. The summed E-state index contributed by atoms with van der Waals surface area (Å²) < 4.78 is 11.7. The predicted octanol–water partition coefficient (Wildman–Crippen LogP) is 3.71. The van der Waals surface area contributed by atoms with E-state index >= 15 is 0 Å². The summed E-state index contributed by atoms with van der Waals surface area (Å²) in [6.45, 7) is 0. The highest BCUT2D eigenvalue weighted by Crippen LogP contribution is 2.30. The number of nitrogens with zero attached hydrogens (tertiary/aromatic N) is 3. The number of aromatic nitrogens is 3. The fraction of sp³-hybridized carbons (Fsp3) is 0.167. The Morgan fingerprint density at radius 1 is 1.14 bits per heavy atom. The number of rotatable bonds is 7. The molecule has 1 amide bonds. The van der Waals surface area contributed by atoms with Crippen molar-refractivity contribution < 1.29 is 14.3 Å². The Labute approximate surface area is 181 Å². The van der Waals surface area contributed by atoms with Gasteiger partial charge in [0.1, 0.15) is 11.5 Å². The normalized spacial score (nSPS) is 10.6. The number of carbonyl (C=O) groups excluding carboxylic acids is 1. The van der Waals surface area contributed by atoms with Crippen LogP contribution < -0.4 is 20.6 Å². The van der Waals surface area contributed by atoms with Gasteiger partial charge in [0.05, 0.1) is 25.0 Å². The van der Waals surface area contributed by atoms with Crippen molar-refractivity contribution in [3.8, 4) is 22.9 Å². The molecular weight excluding hydrogens is 437 g/mol. The smallest absolute Gasteiger partial charge is 0.234 e. The highest BCUT2D eigenvalue weighted by Gasteiger charge is 2.16. The SMILES string of the molecule is COc1cc(NC(=O)CSc2nnc(-c3cc(Cl)ccc3Cl)n2N)cc(OC)c1. The molecule has 2 aromatic carbocycles. The Morgan fingerprint density at radius 3 is 2.48 bits per heavy atom. The summed E-state index contributed by atoms with van der Waals surface area (Å²) in [4.78, 5) is 12.3. The van der Waals surface area contributed by atoms with Crippen molar-refractivity contribution in [1.82, 2.24) is 14.9 Å². The first-order chi connectivity index (χ1) is 13.9. The van der Waals surface area contributed by atoms with Gasteiger partial charge in [-0.3, -0.25) is 4.79 Å². The summed E-state index contributed by atoms with van der Waals surface area (Å²) in [5.74, 6) is 7.37.